The Morgan fingerprint density at radius 2 is 0.950 bits per heavy atom. The van der Waals surface area contributed by atoms with Gasteiger partial charge in [0.15, 0.2) is 0 Å². The molecule has 0 aromatic rings. The third-order valence-electron chi connectivity index (χ3n) is 2.01. The SMILES string of the molecule is C=O.CC(C)[C@H](N)C(=O)O.CC(C)[C@H](N)C(=O)O.[KH].[KH]. The van der Waals surface area contributed by atoms with Crippen LogP contribution in [-0.2, 0) is 14.4 Å². The molecule has 0 saturated carbocycles. The molecule has 0 aromatic heterocycles. The van der Waals surface area contributed by atoms with Crippen LogP contribution in [0, 0.1) is 11.8 Å². The minimum absolute atomic E-state index is 0. The van der Waals surface area contributed by atoms with E-state index in [-0.39, 0.29) is 115 Å². The number of carboxylic acids is 2. The van der Waals surface area contributed by atoms with E-state index in [1.54, 1.807) is 27.7 Å². The van der Waals surface area contributed by atoms with Crippen molar-refractivity contribution in [3.8, 4) is 0 Å². The average Bonchev–Trinajstić information content (AvgIpc) is 2.29. The Hall–Kier alpha value is 1.80. The monoisotopic (exact) mass is 344 g/mol. The summed E-state index contributed by atoms with van der Waals surface area (Å²) in [5.74, 6) is -1.82. The van der Waals surface area contributed by atoms with Crippen molar-refractivity contribution in [2.75, 3.05) is 0 Å². The van der Waals surface area contributed by atoms with Crippen molar-refractivity contribution in [1.29, 1.82) is 0 Å². The van der Waals surface area contributed by atoms with Gasteiger partial charge in [0.25, 0.3) is 0 Å². The number of rotatable bonds is 4. The number of nitrogens with two attached hydrogens (primary N) is 2. The van der Waals surface area contributed by atoms with Gasteiger partial charge in [0.05, 0.1) is 0 Å². The van der Waals surface area contributed by atoms with Crippen molar-refractivity contribution in [3.05, 3.63) is 0 Å². The van der Waals surface area contributed by atoms with Crippen molar-refractivity contribution < 1.29 is 24.6 Å². The fraction of sp³-hybridized carbons (Fsp3) is 0.727. The van der Waals surface area contributed by atoms with Gasteiger partial charge in [0.1, 0.15) is 18.9 Å². The van der Waals surface area contributed by atoms with E-state index in [1.165, 1.54) is 0 Å². The topological polar surface area (TPSA) is 144 Å². The molecule has 0 aliphatic carbocycles. The first-order chi connectivity index (χ1) is 8.11. The van der Waals surface area contributed by atoms with Crippen LogP contribution in [-0.4, -0.2) is 144 Å². The van der Waals surface area contributed by atoms with Gasteiger partial charge in [-0.15, -0.1) is 0 Å². The summed E-state index contributed by atoms with van der Waals surface area (Å²) in [4.78, 5) is 28.0. The molecule has 0 radical (unpaired) electrons. The van der Waals surface area contributed by atoms with Crippen molar-refractivity contribution >= 4 is 121 Å². The predicted molar refractivity (Wildman–Crippen MR) is 82.3 cm³/mol. The number of hydrogen-bond donors (Lipinski definition) is 4. The molecule has 6 N–H and O–H groups in total. The molecule has 0 aromatic carbocycles. The summed E-state index contributed by atoms with van der Waals surface area (Å²) in [6.45, 7) is 9.11. The van der Waals surface area contributed by atoms with Gasteiger partial charge in [-0.05, 0) is 11.8 Å². The van der Waals surface area contributed by atoms with Gasteiger partial charge in [-0.25, -0.2) is 0 Å². The molecule has 0 rings (SSSR count). The first-order valence-electron chi connectivity index (χ1n) is 5.36. The van der Waals surface area contributed by atoms with Gasteiger partial charge >= 0.3 is 115 Å². The van der Waals surface area contributed by atoms with Gasteiger partial charge in [0, 0.05) is 0 Å². The van der Waals surface area contributed by atoms with Gasteiger partial charge < -0.3 is 26.5 Å². The molecule has 20 heavy (non-hydrogen) atoms. The van der Waals surface area contributed by atoms with E-state index in [0.29, 0.717) is 0 Å². The van der Waals surface area contributed by atoms with E-state index >= 15 is 0 Å². The maximum atomic E-state index is 10.0. The van der Waals surface area contributed by atoms with Crippen molar-refractivity contribution in [2.45, 2.75) is 39.8 Å². The van der Waals surface area contributed by atoms with Crippen molar-refractivity contribution in [3.63, 3.8) is 0 Å². The summed E-state index contributed by atoms with van der Waals surface area (Å²) in [7, 11) is 0. The number of aliphatic carboxylic acids is 2. The van der Waals surface area contributed by atoms with E-state index in [9.17, 15) is 9.59 Å². The molecule has 0 aliphatic heterocycles. The Morgan fingerprint density at radius 1 is 0.800 bits per heavy atom. The molecule has 0 spiro atoms. The molecule has 9 heteroatoms. The van der Waals surface area contributed by atoms with E-state index in [4.69, 9.17) is 26.5 Å². The molecule has 7 nitrogen and oxygen atoms in total. The van der Waals surface area contributed by atoms with Gasteiger partial charge in [-0.2, -0.15) is 0 Å². The van der Waals surface area contributed by atoms with Gasteiger partial charge in [-0.3, -0.25) is 9.59 Å². The zero-order valence-electron chi connectivity index (χ0n) is 11.3. The second-order valence-corrected chi connectivity index (χ2v) is 4.22. The quantitative estimate of drug-likeness (QED) is 0.460. The van der Waals surface area contributed by atoms with E-state index < -0.39 is 24.0 Å². The Balaban J connectivity index is -0.0000000611. The zero-order chi connectivity index (χ0) is 15.5. The molecule has 0 aliphatic rings. The second kappa shape index (κ2) is 20.8. The zero-order valence-corrected chi connectivity index (χ0v) is 11.3. The summed E-state index contributed by atoms with van der Waals surface area (Å²) in [5, 5.41) is 16.5. The first kappa shape index (κ1) is 33.4. The standard InChI is InChI=1S/2C5H11NO2.CH2O.2K.2H/c2*1-3(2)4(6)5(7)8;1-2;;;;/h2*3-4H,6H2,1-2H3,(H,7,8);1H2;;;;/t2*4-;;;;;/m00...../s1. The molecule has 0 bridgehead atoms. The van der Waals surface area contributed by atoms with Gasteiger partial charge in [-0.1, -0.05) is 27.7 Å². The summed E-state index contributed by atoms with van der Waals surface area (Å²) in [6, 6.07) is -1.43. The van der Waals surface area contributed by atoms with Crippen molar-refractivity contribution in [2.24, 2.45) is 23.3 Å². The first-order valence-corrected chi connectivity index (χ1v) is 5.36. The van der Waals surface area contributed by atoms with Crippen LogP contribution in [0.25, 0.3) is 0 Å². The maximum absolute atomic E-state index is 10.0. The normalized spacial score (nSPS) is 11.4. The van der Waals surface area contributed by atoms with Crippen LogP contribution in [0.2, 0.25) is 0 Å². The van der Waals surface area contributed by atoms with Crippen LogP contribution in [0.4, 0.5) is 0 Å². The Morgan fingerprint density at radius 3 is 0.950 bits per heavy atom. The number of carbonyl (C=O) groups is 3. The average molecular weight is 345 g/mol. The van der Waals surface area contributed by atoms with E-state index in [2.05, 4.69) is 0 Å². The number of carboxylic acid groups (broad SMARTS) is 2. The summed E-state index contributed by atoms with van der Waals surface area (Å²) < 4.78 is 0. The number of carbonyl (C=O) groups excluding carboxylic acids is 1. The van der Waals surface area contributed by atoms with Crippen molar-refractivity contribution in [1.82, 2.24) is 0 Å². The van der Waals surface area contributed by atoms with Crippen LogP contribution in [0.3, 0.4) is 0 Å². The molecule has 0 saturated heterocycles. The Kier molecular flexibility index (Phi) is 34.8. The number of hydrogen-bond acceptors (Lipinski definition) is 5. The van der Waals surface area contributed by atoms with E-state index in [0.717, 1.165) is 0 Å². The third-order valence-corrected chi connectivity index (χ3v) is 2.01. The third kappa shape index (κ3) is 22.1. The second-order valence-electron chi connectivity index (χ2n) is 4.22. The van der Waals surface area contributed by atoms with Crippen LogP contribution < -0.4 is 11.5 Å². The Bertz CT molecular complexity index is 229. The Labute approximate surface area is 205 Å². The fourth-order valence-electron chi connectivity index (χ4n) is 0.570. The summed E-state index contributed by atoms with van der Waals surface area (Å²) in [6.07, 6.45) is 0. The molecule has 112 valence electrons. The summed E-state index contributed by atoms with van der Waals surface area (Å²) in [5.41, 5.74) is 10.3. The van der Waals surface area contributed by atoms with Crippen LogP contribution in [0.5, 0.6) is 0 Å². The predicted octanol–water partition coefficient (Wildman–Crippen LogP) is -1.37. The molecule has 0 fully saturated rings. The molecule has 0 amide bonds. The van der Waals surface area contributed by atoms with Crippen LogP contribution in [0.1, 0.15) is 27.7 Å². The summed E-state index contributed by atoms with van der Waals surface area (Å²) >= 11 is 0. The van der Waals surface area contributed by atoms with E-state index in [1.807, 2.05) is 6.79 Å². The molecule has 0 unspecified atom stereocenters. The molecular formula is C11H26K2N2O5. The van der Waals surface area contributed by atoms with Crippen LogP contribution >= 0.6 is 0 Å². The minimum atomic E-state index is -0.931. The fourth-order valence-corrected chi connectivity index (χ4v) is 0.570. The van der Waals surface area contributed by atoms with Crippen LogP contribution in [0.15, 0.2) is 0 Å². The molecule has 2 atom stereocenters. The molecular weight excluding hydrogens is 318 g/mol. The van der Waals surface area contributed by atoms with Gasteiger partial charge in [0.2, 0.25) is 0 Å². The molecule has 0 heterocycles.